The van der Waals surface area contributed by atoms with Gasteiger partial charge < -0.3 is 14.7 Å². The summed E-state index contributed by atoms with van der Waals surface area (Å²) in [7, 11) is 0. The van der Waals surface area contributed by atoms with Crippen LogP contribution in [0.5, 0.6) is 0 Å². The van der Waals surface area contributed by atoms with Crippen molar-refractivity contribution in [2.75, 3.05) is 32.8 Å². The van der Waals surface area contributed by atoms with Crippen molar-refractivity contribution in [3.8, 4) is 0 Å². The Morgan fingerprint density at radius 1 is 1.33 bits per heavy atom. The van der Waals surface area contributed by atoms with E-state index >= 15 is 0 Å². The molecule has 1 amide bonds. The van der Waals surface area contributed by atoms with Crippen LogP contribution >= 0.6 is 0 Å². The van der Waals surface area contributed by atoms with E-state index in [1.165, 1.54) is 19.3 Å². The third-order valence-electron chi connectivity index (χ3n) is 5.71. The molecular weight excluding hydrogens is 304 g/mol. The highest BCUT2D eigenvalue weighted by Crippen LogP contribution is 2.40. The predicted molar refractivity (Wildman–Crippen MR) is 90.8 cm³/mol. The summed E-state index contributed by atoms with van der Waals surface area (Å²) < 4.78 is 5.34. The molecule has 3 aliphatic rings. The van der Waals surface area contributed by atoms with Gasteiger partial charge in [0.15, 0.2) is 5.69 Å². The standard InChI is InChI=1S/C18H28N4O2/c1-13-11-21(9-6-14-4-7-19-8-5-14)12-22(13)18(23)16-10-17(24-20-16)15-2-3-15/h10,13-15,19H,2-9,11-12H2,1H3. The maximum atomic E-state index is 12.7. The average molecular weight is 332 g/mol. The van der Waals surface area contributed by atoms with Crippen LogP contribution in [0, 0.1) is 5.92 Å². The fourth-order valence-electron chi connectivity index (χ4n) is 3.94. The predicted octanol–water partition coefficient (Wildman–Crippen LogP) is 2.05. The van der Waals surface area contributed by atoms with Crippen LogP contribution in [-0.2, 0) is 0 Å². The first kappa shape index (κ1) is 16.1. The van der Waals surface area contributed by atoms with E-state index in [9.17, 15) is 4.79 Å². The molecule has 1 N–H and O–H groups in total. The van der Waals surface area contributed by atoms with Crippen LogP contribution in [0.3, 0.4) is 0 Å². The smallest absolute Gasteiger partial charge is 0.277 e. The highest BCUT2D eigenvalue weighted by molar-refractivity contribution is 5.92. The first-order valence-corrected chi connectivity index (χ1v) is 9.41. The number of nitrogens with one attached hydrogen (secondary N) is 1. The van der Waals surface area contributed by atoms with Crippen molar-refractivity contribution in [3.05, 3.63) is 17.5 Å². The summed E-state index contributed by atoms with van der Waals surface area (Å²) in [5, 5.41) is 7.43. The number of piperidine rings is 1. The number of hydrogen-bond acceptors (Lipinski definition) is 5. The molecule has 1 unspecified atom stereocenters. The SMILES string of the molecule is CC1CN(CCC2CCNCC2)CN1C(=O)c1cc(C2CC2)on1. The van der Waals surface area contributed by atoms with Gasteiger partial charge in [0, 0.05) is 31.1 Å². The zero-order valence-corrected chi connectivity index (χ0v) is 14.5. The maximum Gasteiger partial charge on any atom is 0.277 e. The Balaban J connectivity index is 1.31. The number of hydrogen-bond donors (Lipinski definition) is 1. The molecule has 24 heavy (non-hydrogen) atoms. The summed E-state index contributed by atoms with van der Waals surface area (Å²) in [6.07, 6.45) is 6.14. The van der Waals surface area contributed by atoms with Crippen LogP contribution in [0.25, 0.3) is 0 Å². The molecule has 6 nitrogen and oxygen atoms in total. The number of carbonyl (C=O) groups excluding carboxylic acids is 1. The lowest BCUT2D eigenvalue weighted by molar-refractivity contribution is 0.0714. The van der Waals surface area contributed by atoms with Gasteiger partial charge in [-0.15, -0.1) is 0 Å². The highest BCUT2D eigenvalue weighted by Gasteiger charge is 2.34. The van der Waals surface area contributed by atoms with Gasteiger partial charge in [-0.2, -0.15) is 0 Å². The van der Waals surface area contributed by atoms with E-state index in [0.29, 0.717) is 11.6 Å². The van der Waals surface area contributed by atoms with Gasteiger partial charge in [0.2, 0.25) is 0 Å². The Labute approximate surface area is 143 Å². The van der Waals surface area contributed by atoms with E-state index in [1.54, 1.807) is 0 Å². The molecular formula is C18H28N4O2. The van der Waals surface area contributed by atoms with Gasteiger partial charge in [-0.05, 0) is 58.0 Å². The minimum atomic E-state index is 0.0162. The van der Waals surface area contributed by atoms with Crippen LogP contribution in [0.4, 0.5) is 0 Å². The molecule has 1 aliphatic carbocycles. The van der Waals surface area contributed by atoms with Crippen molar-refractivity contribution >= 4 is 5.91 Å². The van der Waals surface area contributed by atoms with Crippen LogP contribution in [0.1, 0.15) is 61.2 Å². The lowest BCUT2D eigenvalue weighted by Gasteiger charge is -2.25. The van der Waals surface area contributed by atoms with Gasteiger partial charge in [0.1, 0.15) is 5.76 Å². The highest BCUT2D eigenvalue weighted by atomic mass is 16.5. The van der Waals surface area contributed by atoms with Gasteiger partial charge in [0.05, 0.1) is 6.67 Å². The summed E-state index contributed by atoms with van der Waals surface area (Å²) in [5.74, 6) is 2.23. The molecule has 132 valence electrons. The van der Waals surface area contributed by atoms with Crippen LogP contribution in [0.2, 0.25) is 0 Å². The minimum absolute atomic E-state index is 0.0162. The summed E-state index contributed by atoms with van der Waals surface area (Å²) in [6, 6.07) is 2.09. The first-order valence-electron chi connectivity index (χ1n) is 9.41. The van der Waals surface area contributed by atoms with E-state index in [0.717, 1.165) is 57.4 Å². The monoisotopic (exact) mass is 332 g/mol. The van der Waals surface area contributed by atoms with Crippen LogP contribution in [-0.4, -0.2) is 59.8 Å². The molecule has 0 radical (unpaired) electrons. The second-order valence-corrected chi connectivity index (χ2v) is 7.71. The fourth-order valence-corrected chi connectivity index (χ4v) is 3.94. The molecule has 2 aliphatic heterocycles. The minimum Gasteiger partial charge on any atom is -0.360 e. The zero-order valence-electron chi connectivity index (χ0n) is 14.5. The van der Waals surface area contributed by atoms with E-state index < -0.39 is 0 Å². The van der Waals surface area contributed by atoms with Crippen molar-refractivity contribution < 1.29 is 9.32 Å². The Kier molecular flexibility index (Phi) is 4.59. The topological polar surface area (TPSA) is 61.6 Å². The van der Waals surface area contributed by atoms with E-state index in [-0.39, 0.29) is 11.9 Å². The zero-order chi connectivity index (χ0) is 16.5. The lowest BCUT2D eigenvalue weighted by Crippen LogP contribution is -2.35. The number of aromatic nitrogens is 1. The van der Waals surface area contributed by atoms with Crippen molar-refractivity contribution in [2.24, 2.45) is 5.92 Å². The van der Waals surface area contributed by atoms with Gasteiger partial charge >= 0.3 is 0 Å². The average Bonchev–Trinajstić information content (AvgIpc) is 3.21. The summed E-state index contributed by atoms with van der Waals surface area (Å²) in [6.45, 7) is 7.21. The van der Waals surface area contributed by atoms with Gasteiger partial charge in [-0.25, -0.2) is 0 Å². The molecule has 0 aromatic carbocycles. The summed E-state index contributed by atoms with van der Waals surface area (Å²) in [4.78, 5) is 17.1. The van der Waals surface area contributed by atoms with Crippen molar-refractivity contribution in [1.29, 1.82) is 0 Å². The lowest BCUT2D eigenvalue weighted by atomic mass is 9.94. The Morgan fingerprint density at radius 2 is 2.12 bits per heavy atom. The van der Waals surface area contributed by atoms with Crippen molar-refractivity contribution in [3.63, 3.8) is 0 Å². The maximum absolute atomic E-state index is 12.7. The summed E-state index contributed by atoms with van der Waals surface area (Å²) >= 11 is 0. The molecule has 3 fully saturated rings. The molecule has 1 atom stereocenters. The summed E-state index contributed by atoms with van der Waals surface area (Å²) in [5.41, 5.74) is 0.476. The van der Waals surface area contributed by atoms with Gasteiger partial charge in [-0.1, -0.05) is 5.16 Å². The van der Waals surface area contributed by atoms with E-state index in [2.05, 4.69) is 22.3 Å². The number of amides is 1. The van der Waals surface area contributed by atoms with Gasteiger partial charge in [0.25, 0.3) is 5.91 Å². The molecule has 0 bridgehead atoms. The third-order valence-corrected chi connectivity index (χ3v) is 5.71. The van der Waals surface area contributed by atoms with E-state index in [1.807, 2.05) is 11.0 Å². The normalized spacial score (nSPS) is 26.2. The number of nitrogens with zero attached hydrogens (tertiary/aromatic N) is 3. The Hall–Kier alpha value is -1.40. The molecule has 1 saturated carbocycles. The Bertz CT molecular complexity index is 577. The molecule has 6 heteroatoms. The Morgan fingerprint density at radius 3 is 2.88 bits per heavy atom. The van der Waals surface area contributed by atoms with Gasteiger partial charge in [-0.3, -0.25) is 9.69 Å². The van der Waals surface area contributed by atoms with Crippen molar-refractivity contribution in [1.82, 2.24) is 20.3 Å². The van der Waals surface area contributed by atoms with Crippen molar-refractivity contribution in [2.45, 2.75) is 51.0 Å². The molecule has 1 aromatic heterocycles. The molecule has 4 rings (SSSR count). The molecule has 0 spiro atoms. The largest absolute Gasteiger partial charge is 0.360 e. The third kappa shape index (κ3) is 3.49. The van der Waals surface area contributed by atoms with Crippen LogP contribution < -0.4 is 5.32 Å². The second kappa shape index (κ2) is 6.84. The molecule has 1 aromatic rings. The number of carbonyl (C=O) groups is 1. The second-order valence-electron chi connectivity index (χ2n) is 7.71. The first-order chi connectivity index (χ1) is 11.7. The van der Waals surface area contributed by atoms with Crippen LogP contribution in [0.15, 0.2) is 10.6 Å². The molecule has 3 heterocycles. The molecule has 2 saturated heterocycles. The van der Waals surface area contributed by atoms with E-state index in [4.69, 9.17) is 4.52 Å². The number of rotatable bonds is 5. The fraction of sp³-hybridized carbons (Fsp3) is 0.778. The quantitative estimate of drug-likeness (QED) is 0.894.